The van der Waals surface area contributed by atoms with E-state index in [9.17, 15) is 5.11 Å². The van der Waals surface area contributed by atoms with Crippen LogP contribution in [-0.4, -0.2) is 48.5 Å². The van der Waals surface area contributed by atoms with Crippen LogP contribution in [0.25, 0.3) is 0 Å². The average molecular weight is 265 g/mol. The van der Waals surface area contributed by atoms with Crippen molar-refractivity contribution < 1.29 is 9.84 Å². The van der Waals surface area contributed by atoms with Gasteiger partial charge in [-0.3, -0.25) is 0 Å². The quantitative estimate of drug-likeness (QED) is 0.824. The predicted octanol–water partition coefficient (Wildman–Crippen LogP) is 0.777. The van der Waals surface area contributed by atoms with Gasteiger partial charge in [-0.25, -0.2) is 4.98 Å². The van der Waals surface area contributed by atoms with Crippen LogP contribution in [0.15, 0.2) is 18.3 Å². The van der Waals surface area contributed by atoms with Gasteiger partial charge in [-0.2, -0.15) is 0 Å². The summed E-state index contributed by atoms with van der Waals surface area (Å²) in [6.07, 6.45) is 1.71. The van der Waals surface area contributed by atoms with Crippen LogP contribution in [0.2, 0.25) is 0 Å². The number of nitrogens with one attached hydrogen (secondary N) is 1. The van der Waals surface area contributed by atoms with Crippen molar-refractivity contribution in [3.63, 3.8) is 0 Å². The number of rotatable bonds is 5. The largest absolute Gasteiger partial charge is 0.394 e. The Labute approximate surface area is 114 Å². The molecule has 0 spiro atoms. The first kappa shape index (κ1) is 14.2. The Bertz CT molecular complexity index is 398. The van der Waals surface area contributed by atoms with Gasteiger partial charge in [0, 0.05) is 37.4 Å². The Kier molecular flexibility index (Phi) is 5.13. The zero-order valence-corrected chi connectivity index (χ0v) is 11.7. The van der Waals surface area contributed by atoms with Gasteiger partial charge >= 0.3 is 0 Å². The van der Waals surface area contributed by atoms with E-state index in [0.717, 1.165) is 18.9 Å². The Morgan fingerprint density at radius 1 is 1.58 bits per heavy atom. The maximum Gasteiger partial charge on any atom is 0.133 e. The van der Waals surface area contributed by atoms with Gasteiger partial charge in [-0.15, -0.1) is 0 Å². The SMILES string of the molecule is CC(C)NCc1cccnc1N1CCOC(CO)C1. The van der Waals surface area contributed by atoms with Crippen molar-refractivity contribution in [2.45, 2.75) is 32.5 Å². The van der Waals surface area contributed by atoms with Gasteiger partial charge < -0.3 is 20.1 Å². The maximum absolute atomic E-state index is 9.22. The van der Waals surface area contributed by atoms with Crippen molar-refractivity contribution in [3.05, 3.63) is 23.9 Å². The van der Waals surface area contributed by atoms with Gasteiger partial charge in [0.2, 0.25) is 0 Å². The van der Waals surface area contributed by atoms with Crippen LogP contribution in [0.3, 0.4) is 0 Å². The molecule has 1 aliphatic heterocycles. The Hall–Kier alpha value is -1.17. The zero-order chi connectivity index (χ0) is 13.7. The summed E-state index contributed by atoms with van der Waals surface area (Å²) in [5.74, 6) is 0.998. The third-order valence-corrected chi connectivity index (χ3v) is 3.21. The van der Waals surface area contributed by atoms with E-state index in [0.29, 0.717) is 19.2 Å². The van der Waals surface area contributed by atoms with Crippen LogP contribution in [0.1, 0.15) is 19.4 Å². The van der Waals surface area contributed by atoms with Gasteiger partial charge in [0.15, 0.2) is 0 Å². The van der Waals surface area contributed by atoms with Crippen molar-refractivity contribution in [2.24, 2.45) is 0 Å². The molecule has 0 aliphatic carbocycles. The number of hydrogen-bond donors (Lipinski definition) is 2. The van der Waals surface area contributed by atoms with Crippen molar-refractivity contribution >= 4 is 5.82 Å². The second kappa shape index (κ2) is 6.84. The molecule has 1 aliphatic rings. The highest BCUT2D eigenvalue weighted by Gasteiger charge is 2.22. The van der Waals surface area contributed by atoms with E-state index in [1.54, 1.807) is 0 Å². The van der Waals surface area contributed by atoms with E-state index in [1.807, 2.05) is 12.3 Å². The number of anilines is 1. The van der Waals surface area contributed by atoms with Gasteiger partial charge in [-0.1, -0.05) is 19.9 Å². The molecule has 1 fully saturated rings. The summed E-state index contributed by atoms with van der Waals surface area (Å²) in [6.45, 7) is 7.28. The highest BCUT2D eigenvalue weighted by molar-refractivity contribution is 5.47. The zero-order valence-electron chi connectivity index (χ0n) is 11.7. The highest BCUT2D eigenvalue weighted by Crippen LogP contribution is 2.20. The van der Waals surface area contributed by atoms with E-state index in [4.69, 9.17) is 4.74 Å². The number of pyridine rings is 1. The van der Waals surface area contributed by atoms with Gasteiger partial charge in [-0.05, 0) is 6.07 Å². The molecule has 1 aromatic rings. The molecule has 106 valence electrons. The summed E-state index contributed by atoms with van der Waals surface area (Å²) in [4.78, 5) is 6.69. The third kappa shape index (κ3) is 3.89. The molecule has 1 unspecified atom stereocenters. The van der Waals surface area contributed by atoms with Crippen LogP contribution in [0.5, 0.6) is 0 Å². The summed E-state index contributed by atoms with van der Waals surface area (Å²) >= 11 is 0. The van der Waals surface area contributed by atoms with Gasteiger partial charge in [0.25, 0.3) is 0 Å². The van der Waals surface area contributed by atoms with Crippen LogP contribution < -0.4 is 10.2 Å². The molecule has 0 amide bonds. The smallest absolute Gasteiger partial charge is 0.133 e. The normalized spacial score (nSPS) is 20.0. The first-order chi connectivity index (χ1) is 9.20. The minimum absolute atomic E-state index is 0.0584. The summed E-state index contributed by atoms with van der Waals surface area (Å²) in [5, 5.41) is 12.6. The Morgan fingerprint density at radius 2 is 2.42 bits per heavy atom. The summed E-state index contributed by atoms with van der Waals surface area (Å²) in [5.41, 5.74) is 1.19. The van der Waals surface area contributed by atoms with E-state index >= 15 is 0 Å². The predicted molar refractivity (Wildman–Crippen MR) is 75.3 cm³/mol. The van der Waals surface area contributed by atoms with Crippen LogP contribution in [-0.2, 0) is 11.3 Å². The van der Waals surface area contributed by atoms with Crippen molar-refractivity contribution in [1.82, 2.24) is 10.3 Å². The lowest BCUT2D eigenvalue weighted by Crippen LogP contribution is -2.45. The molecule has 0 bridgehead atoms. The third-order valence-electron chi connectivity index (χ3n) is 3.21. The lowest BCUT2D eigenvalue weighted by molar-refractivity contribution is 0.00331. The number of hydrogen-bond acceptors (Lipinski definition) is 5. The van der Waals surface area contributed by atoms with Gasteiger partial charge in [0.05, 0.1) is 19.3 Å². The molecule has 0 aromatic carbocycles. The molecule has 1 atom stereocenters. The van der Waals surface area contributed by atoms with E-state index in [-0.39, 0.29) is 12.7 Å². The maximum atomic E-state index is 9.22. The Morgan fingerprint density at radius 3 is 3.16 bits per heavy atom. The van der Waals surface area contributed by atoms with E-state index in [2.05, 4.69) is 35.1 Å². The molecular weight excluding hydrogens is 242 g/mol. The Balaban J connectivity index is 2.09. The van der Waals surface area contributed by atoms with E-state index < -0.39 is 0 Å². The van der Waals surface area contributed by atoms with Crippen LogP contribution in [0.4, 0.5) is 5.82 Å². The fourth-order valence-corrected chi connectivity index (χ4v) is 2.19. The lowest BCUT2D eigenvalue weighted by atomic mass is 10.2. The molecular formula is C14H23N3O2. The fourth-order valence-electron chi connectivity index (χ4n) is 2.19. The molecule has 2 N–H and O–H groups in total. The summed E-state index contributed by atoms with van der Waals surface area (Å²) in [6, 6.07) is 4.51. The molecule has 1 aromatic heterocycles. The van der Waals surface area contributed by atoms with Crippen LogP contribution >= 0.6 is 0 Å². The second-order valence-corrected chi connectivity index (χ2v) is 5.14. The molecule has 5 nitrogen and oxygen atoms in total. The molecule has 2 heterocycles. The number of aromatic nitrogens is 1. The lowest BCUT2D eigenvalue weighted by Gasteiger charge is -2.34. The minimum Gasteiger partial charge on any atom is -0.394 e. The first-order valence-corrected chi connectivity index (χ1v) is 6.85. The number of aliphatic hydroxyl groups excluding tert-OH is 1. The fraction of sp³-hybridized carbons (Fsp3) is 0.643. The monoisotopic (exact) mass is 265 g/mol. The van der Waals surface area contributed by atoms with Crippen LogP contribution in [0, 0.1) is 0 Å². The molecule has 5 heteroatoms. The van der Waals surface area contributed by atoms with E-state index in [1.165, 1.54) is 5.56 Å². The summed E-state index contributed by atoms with van der Waals surface area (Å²) in [7, 11) is 0. The second-order valence-electron chi connectivity index (χ2n) is 5.14. The topological polar surface area (TPSA) is 57.6 Å². The highest BCUT2D eigenvalue weighted by atomic mass is 16.5. The number of morpholine rings is 1. The van der Waals surface area contributed by atoms with Crippen molar-refractivity contribution in [2.75, 3.05) is 31.2 Å². The van der Waals surface area contributed by atoms with Crippen molar-refractivity contribution in [3.8, 4) is 0 Å². The summed E-state index contributed by atoms with van der Waals surface area (Å²) < 4.78 is 5.48. The standard InChI is InChI=1S/C14H23N3O2/c1-11(2)16-8-12-4-3-5-15-14(12)17-6-7-19-13(9-17)10-18/h3-5,11,13,16,18H,6-10H2,1-2H3. The molecule has 1 saturated heterocycles. The number of nitrogens with zero attached hydrogens (tertiary/aromatic N) is 2. The molecule has 0 radical (unpaired) electrons. The molecule has 2 rings (SSSR count). The number of aliphatic hydroxyl groups is 1. The van der Waals surface area contributed by atoms with Crippen molar-refractivity contribution in [1.29, 1.82) is 0 Å². The molecule has 0 saturated carbocycles. The van der Waals surface area contributed by atoms with Gasteiger partial charge in [0.1, 0.15) is 5.82 Å². The molecule has 19 heavy (non-hydrogen) atoms. The first-order valence-electron chi connectivity index (χ1n) is 6.85. The minimum atomic E-state index is -0.110. The number of ether oxygens (including phenoxy) is 1. The average Bonchev–Trinajstić information content (AvgIpc) is 2.45.